The first-order valence-electron chi connectivity index (χ1n) is 7.46. The molecule has 0 radical (unpaired) electrons. The van der Waals surface area contributed by atoms with E-state index in [-0.39, 0.29) is 6.04 Å². The number of hydrogen-bond acceptors (Lipinski definition) is 2. The Labute approximate surface area is 135 Å². The molecule has 0 amide bonds. The second-order valence-electron chi connectivity index (χ2n) is 4.94. The van der Waals surface area contributed by atoms with Crippen molar-refractivity contribution in [2.24, 2.45) is 0 Å². The Morgan fingerprint density at radius 1 is 1.05 bits per heavy atom. The van der Waals surface area contributed by atoms with E-state index in [4.69, 9.17) is 4.74 Å². The first-order chi connectivity index (χ1) is 10.2. The van der Waals surface area contributed by atoms with Crippen molar-refractivity contribution >= 4 is 15.9 Å². The van der Waals surface area contributed by atoms with Crippen molar-refractivity contribution in [3.8, 4) is 5.75 Å². The lowest BCUT2D eigenvalue weighted by Gasteiger charge is -2.20. The molecule has 21 heavy (non-hydrogen) atoms. The van der Waals surface area contributed by atoms with Crippen LogP contribution in [0.2, 0.25) is 0 Å². The van der Waals surface area contributed by atoms with Crippen molar-refractivity contribution in [2.75, 3.05) is 13.2 Å². The number of hydrogen-bond donors (Lipinski definition) is 1. The van der Waals surface area contributed by atoms with Crippen molar-refractivity contribution in [2.45, 2.75) is 26.3 Å². The average molecular weight is 348 g/mol. The van der Waals surface area contributed by atoms with E-state index in [2.05, 4.69) is 64.6 Å². The molecule has 2 aromatic carbocycles. The molecule has 1 atom stereocenters. The van der Waals surface area contributed by atoms with Crippen LogP contribution in [-0.2, 0) is 0 Å². The average Bonchev–Trinajstić information content (AvgIpc) is 2.50. The largest absolute Gasteiger partial charge is 0.494 e. The lowest BCUT2D eigenvalue weighted by atomic mass is 9.98. The highest BCUT2D eigenvalue weighted by Crippen LogP contribution is 2.26. The summed E-state index contributed by atoms with van der Waals surface area (Å²) in [6.07, 6.45) is 1.11. The Balaban J connectivity index is 2.26. The smallest absolute Gasteiger partial charge is 0.119 e. The van der Waals surface area contributed by atoms with Gasteiger partial charge >= 0.3 is 0 Å². The van der Waals surface area contributed by atoms with Gasteiger partial charge in [0.1, 0.15) is 5.75 Å². The van der Waals surface area contributed by atoms with Crippen molar-refractivity contribution in [1.82, 2.24) is 5.32 Å². The second-order valence-corrected chi connectivity index (χ2v) is 5.86. The van der Waals surface area contributed by atoms with E-state index in [9.17, 15) is 0 Å². The summed E-state index contributed by atoms with van der Waals surface area (Å²) in [5, 5.41) is 3.62. The number of halogens is 1. The minimum absolute atomic E-state index is 0.207. The molecule has 1 N–H and O–H groups in total. The molecule has 1 unspecified atom stereocenters. The minimum atomic E-state index is 0.207. The maximum atomic E-state index is 5.52. The molecule has 0 saturated carbocycles. The van der Waals surface area contributed by atoms with Crippen LogP contribution in [0.25, 0.3) is 0 Å². The van der Waals surface area contributed by atoms with E-state index in [0.29, 0.717) is 6.61 Å². The van der Waals surface area contributed by atoms with Crippen LogP contribution in [0.4, 0.5) is 0 Å². The van der Waals surface area contributed by atoms with Crippen molar-refractivity contribution in [1.29, 1.82) is 0 Å². The predicted molar refractivity (Wildman–Crippen MR) is 91.9 cm³/mol. The highest BCUT2D eigenvalue weighted by molar-refractivity contribution is 9.10. The van der Waals surface area contributed by atoms with Gasteiger partial charge in [-0.25, -0.2) is 0 Å². The molecular formula is C18H22BrNO. The molecule has 0 aliphatic carbocycles. The maximum absolute atomic E-state index is 5.52. The van der Waals surface area contributed by atoms with E-state index in [1.165, 1.54) is 11.1 Å². The first-order valence-corrected chi connectivity index (χ1v) is 8.25. The van der Waals surface area contributed by atoms with Gasteiger partial charge in [0.2, 0.25) is 0 Å². The van der Waals surface area contributed by atoms with E-state index in [0.717, 1.165) is 23.2 Å². The molecule has 2 aromatic rings. The van der Waals surface area contributed by atoms with Gasteiger partial charge in [-0.2, -0.15) is 0 Å². The summed E-state index contributed by atoms with van der Waals surface area (Å²) >= 11 is 3.56. The third-order valence-electron chi connectivity index (χ3n) is 3.30. The third-order valence-corrected chi connectivity index (χ3v) is 3.80. The zero-order chi connectivity index (χ0) is 15.1. The summed E-state index contributed by atoms with van der Waals surface area (Å²) in [4.78, 5) is 0. The van der Waals surface area contributed by atoms with Crippen LogP contribution < -0.4 is 10.1 Å². The Kier molecular flexibility index (Phi) is 6.27. The molecule has 0 fully saturated rings. The SMILES string of the molecule is CCCNC(c1ccc(OCC)cc1)c1cccc(Br)c1. The van der Waals surface area contributed by atoms with Gasteiger partial charge in [-0.1, -0.05) is 47.1 Å². The first kappa shape index (κ1) is 16.1. The van der Waals surface area contributed by atoms with Crippen LogP contribution in [-0.4, -0.2) is 13.2 Å². The van der Waals surface area contributed by atoms with E-state index in [1.54, 1.807) is 0 Å². The van der Waals surface area contributed by atoms with Crippen LogP contribution in [0.1, 0.15) is 37.4 Å². The summed E-state index contributed by atoms with van der Waals surface area (Å²) in [5.74, 6) is 0.921. The number of benzene rings is 2. The molecule has 112 valence electrons. The van der Waals surface area contributed by atoms with E-state index < -0.39 is 0 Å². The highest BCUT2D eigenvalue weighted by atomic mass is 79.9. The van der Waals surface area contributed by atoms with Gasteiger partial charge in [-0.15, -0.1) is 0 Å². The molecule has 0 aromatic heterocycles. The van der Waals surface area contributed by atoms with Gasteiger partial charge in [-0.3, -0.25) is 0 Å². The summed E-state index contributed by atoms with van der Waals surface area (Å²) in [6.45, 7) is 5.87. The van der Waals surface area contributed by atoms with Crippen molar-refractivity contribution in [3.63, 3.8) is 0 Å². The Bertz CT molecular complexity index is 553. The summed E-state index contributed by atoms with van der Waals surface area (Å²) < 4.78 is 6.62. The quantitative estimate of drug-likeness (QED) is 0.765. The Morgan fingerprint density at radius 2 is 1.81 bits per heavy atom. The molecule has 0 bridgehead atoms. The number of nitrogens with one attached hydrogen (secondary N) is 1. The standard InChI is InChI=1S/C18H22BrNO/c1-3-12-20-18(15-6-5-7-16(19)13-15)14-8-10-17(11-9-14)21-4-2/h5-11,13,18,20H,3-4,12H2,1-2H3. The molecule has 2 nitrogen and oxygen atoms in total. The van der Waals surface area contributed by atoms with E-state index >= 15 is 0 Å². The fourth-order valence-electron chi connectivity index (χ4n) is 2.33. The Morgan fingerprint density at radius 3 is 2.43 bits per heavy atom. The fraction of sp³-hybridized carbons (Fsp3) is 0.333. The zero-order valence-corrected chi connectivity index (χ0v) is 14.2. The lowest BCUT2D eigenvalue weighted by Crippen LogP contribution is -2.23. The van der Waals surface area contributed by atoms with E-state index in [1.807, 2.05) is 19.1 Å². The molecule has 0 aliphatic heterocycles. The minimum Gasteiger partial charge on any atom is -0.494 e. The molecule has 0 saturated heterocycles. The third kappa shape index (κ3) is 4.58. The molecule has 0 aliphatic rings. The van der Waals surface area contributed by atoms with Crippen LogP contribution in [0.5, 0.6) is 5.75 Å². The number of ether oxygens (including phenoxy) is 1. The van der Waals surface area contributed by atoms with Gasteiger partial charge < -0.3 is 10.1 Å². The fourth-order valence-corrected chi connectivity index (χ4v) is 2.74. The molecule has 0 heterocycles. The van der Waals surface area contributed by atoms with Gasteiger partial charge in [0.05, 0.1) is 12.6 Å². The normalized spacial score (nSPS) is 12.1. The second kappa shape index (κ2) is 8.20. The molecule has 0 spiro atoms. The van der Waals surface area contributed by atoms with Gasteiger partial charge in [-0.05, 0) is 55.3 Å². The van der Waals surface area contributed by atoms with Gasteiger partial charge in [0, 0.05) is 4.47 Å². The molecule has 2 rings (SSSR count). The van der Waals surface area contributed by atoms with Gasteiger partial charge in [0.15, 0.2) is 0 Å². The van der Waals surface area contributed by atoms with Gasteiger partial charge in [0.25, 0.3) is 0 Å². The predicted octanol–water partition coefficient (Wildman–Crippen LogP) is 4.94. The van der Waals surface area contributed by atoms with Crippen LogP contribution in [0, 0.1) is 0 Å². The van der Waals surface area contributed by atoms with Crippen molar-refractivity contribution < 1.29 is 4.74 Å². The lowest BCUT2D eigenvalue weighted by molar-refractivity contribution is 0.340. The molecular weight excluding hydrogens is 326 g/mol. The topological polar surface area (TPSA) is 21.3 Å². The van der Waals surface area contributed by atoms with Crippen LogP contribution >= 0.6 is 15.9 Å². The summed E-state index contributed by atoms with van der Waals surface area (Å²) in [5.41, 5.74) is 2.52. The summed E-state index contributed by atoms with van der Waals surface area (Å²) in [7, 11) is 0. The summed E-state index contributed by atoms with van der Waals surface area (Å²) in [6, 6.07) is 17.0. The maximum Gasteiger partial charge on any atom is 0.119 e. The highest BCUT2D eigenvalue weighted by Gasteiger charge is 2.13. The molecule has 3 heteroatoms. The van der Waals surface area contributed by atoms with Crippen LogP contribution in [0.15, 0.2) is 53.0 Å². The van der Waals surface area contributed by atoms with Crippen LogP contribution in [0.3, 0.4) is 0 Å². The zero-order valence-electron chi connectivity index (χ0n) is 12.6. The Hall–Kier alpha value is -1.32. The van der Waals surface area contributed by atoms with Crippen molar-refractivity contribution in [3.05, 3.63) is 64.1 Å². The number of rotatable bonds is 7. The monoisotopic (exact) mass is 347 g/mol.